The highest BCUT2D eigenvalue weighted by Gasteiger charge is 2.11. The summed E-state index contributed by atoms with van der Waals surface area (Å²) >= 11 is 6.17. The molecule has 0 aromatic heterocycles. The van der Waals surface area contributed by atoms with Gasteiger partial charge < -0.3 is 11.1 Å². The first kappa shape index (κ1) is 13.5. The molecule has 0 aliphatic carbocycles. The van der Waals surface area contributed by atoms with Crippen molar-refractivity contribution in [3.8, 4) is 0 Å². The summed E-state index contributed by atoms with van der Waals surface area (Å²) in [5.74, 6) is -0.173. The van der Waals surface area contributed by atoms with Crippen LogP contribution in [-0.2, 0) is 0 Å². The highest BCUT2D eigenvalue weighted by molar-refractivity contribution is 6.36. The Hall–Kier alpha value is -2.52. The normalized spacial score (nSPS) is 10.5. The van der Waals surface area contributed by atoms with Crippen molar-refractivity contribution in [1.82, 2.24) is 0 Å². The van der Waals surface area contributed by atoms with E-state index in [-0.39, 0.29) is 5.91 Å². The van der Waals surface area contributed by atoms with Gasteiger partial charge in [0.15, 0.2) is 0 Å². The van der Waals surface area contributed by atoms with Crippen molar-refractivity contribution in [3.63, 3.8) is 0 Å². The molecule has 0 aliphatic rings. The van der Waals surface area contributed by atoms with E-state index in [1.54, 1.807) is 30.3 Å². The van der Waals surface area contributed by atoms with Crippen molar-refractivity contribution in [1.29, 1.82) is 0 Å². The van der Waals surface area contributed by atoms with Crippen LogP contribution in [0.2, 0.25) is 5.02 Å². The van der Waals surface area contributed by atoms with Gasteiger partial charge in [-0.05, 0) is 41.8 Å². The van der Waals surface area contributed by atoms with Crippen LogP contribution >= 0.6 is 11.6 Å². The molecule has 4 heteroatoms. The van der Waals surface area contributed by atoms with Gasteiger partial charge in [0.2, 0.25) is 0 Å². The SMILES string of the molecule is Nc1ccc(NC(=O)c2cccc3c(Cl)cccc23)cc1. The highest BCUT2D eigenvalue weighted by Crippen LogP contribution is 2.26. The number of nitrogens with two attached hydrogens (primary N) is 1. The fourth-order valence-electron chi connectivity index (χ4n) is 2.23. The third-order valence-corrected chi connectivity index (χ3v) is 3.61. The Morgan fingerprint density at radius 3 is 2.33 bits per heavy atom. The van der Waals surface area contributed by atoms with Crippen LogP contribution in [-0.4, -0.2) is 5.91 Å². The van der Waals surface area contributed by atoms with Crippen LogP contribution in [0.15, 0.2) is 60.7 Å². The lowest BCUT2D eigenvalue weighted by Gasteiger charge is -2.09. The molecule has 0 unspecified atom stereocenters. The van der Waals surface area contributed by atoms with E-state index < -0.39 is 0 Å². The van der Waals surface area contributed by atoms with Crippen molar-refractivity contribution in [2.75, 3.05) is 11.1 Å². The Balaban J connectivity index is 1.98. The summed E-state index contributed by atoms with van der Waals surface area (Å²) in [4.78, 5) is 12.4. The number of rotatable bonds is 2. The largest absolute Gasteiger partial charge is 0.399 e. The quantitative estimate of drug-likeness (QED) is 0.692. The summed E-state index contributed by atoms with van der Waals surface area (Å²) in [6.45, 7) is 0. The molecule has 3 N–H and O–H groups in total. The van der Waals surface area contributed by atoms with E-state index in [1.165, 1.54) is 0 Å². The molecular weight excluding hydrogens is 284 g/mol. The summed E-state index contributed by atoms with van der Waals surface area (Å²) in [7, 11) is 0. The van der Waals surface area contributed by atoms with E-state index in [9.17, 15) is 4.79 Å². The highest BCUT2D eigenvalue weighted by atomic mass is 35.5. The zero-order chi connectivity index (χ0) is 14.8. The van der Waals surface area contributed by atoms with Gasteiger partial charge in [-0.3, -0.25) is 4.79 Å². The smallest absolute Gasteiger partial charge is 0.256 e. The maximum absolute atomic E-state index is 12.4. The number of halogens is 1. The number of amides is 1. The van der Waals surface area contributed by atoms with Crippen LogP contribution in [0.3, 0.4) is 0 Å². The number of anilines is 2. The number of hydrogen-bond donors (Lipinski definition) is 2. The molecule has 0 spiro atoms. The fraction of sp³-hybridized carbons (Fsp3) is 0. The van der Waals surface area contributed by atoms with Gasteiger partial charge >= 0.3 is 0 Å². The van der Waals surface area contributed by atoms with Gasteiger partial charge in [0.1, 0.15) is 0 Å². The molecule has 0 heterocycles. The molecule has 0 saturated heterocycles. The van der Waals surface area contributed by atoms with Crippen molar-refractivity contribution < 1.29 is 4.79 Å². The summed E-state index contributed by atoms with van der Waals surface area (Å²) in [5, 5.41) is 5.19. The molecule has 0 saturated carbocycles. The lowest BCUT2D eigenvalue weighted by atomic mass is 10.0. The molecule has 0 atom stereocenters. The van der Waals surface area contributed by atoms with E-state index >= 15 is 0 Å². The Morgan fingerprint density at radius 2 is 1.57 bits per heavy atom. The summed E-state index contributed by atoms with van der Waals surface area (Å²) in [6, 6.07) is 18.1. The first-order valence-electron chi connectivity index (χ1n) is 6.49. The Bertz CT molecular complexity index is 813. The number of nitrogens with one attached hydrogen (secondary N) is 1. The second-order valence-electron chi connectivity index (χ2n) is 4.72. The standard InChI is InChI=1S/C17H13ClN2O/c18-16-6-2-3-13-14(16)4-1-5-15(13)17(21)20-12-9-7-11(19)8-10-12/h1-10H,19H2,(H,20,21). The topological polar surface area (TPSA) is 55.1 Å². The van der Waals surface area contributed by atoms with Gasteiger partial charge in [-0.2, -0.15) is 0 Å². The molecule has 1 amide bonds. The summed E-state index contributed by atoms with van der Waals surface area (Å²) in [6.07, 6.45) is 0. The van der Waals surface area contributed by atoms with Crippen molar-refractivity contribution in [2.45, 2.75) is 0 Å². The summed E-state index contributed by atoms with van der Waals surface area (Å²) in [5.41, 5.74) is 7.58. The monoisotopic (exact) mass is 296 g/mol. The number of carbonyl (C=O) groups is 1. The molecule has 104 valence electrons. The first-order valence-corrected chi connectivity index (χ1v) is 6.87. The maximum Gasteiger partial charge on any atom is 0.256 e. The van der Waals surface area contributed by atoms with Gasteiger partial charge in [-0.1, -0.05) is 35.9 Å². The van der Waals surface area contributed by atoms with Crippen LogP contribution < -0.4 is 11.1 Å². The second kappa shape index (κ2) is 5.46. The number of nitrogen functional groups attached to an aromatic ring is 1. The van der Waals surface area contributed by atoms with Crippen molar-refractivity contribution in [3.05, 3.63) is 71.2 Å². The fourth-order valence-corrected chi connectivity index (χ4v) is 2.47. The minimum absolute atomic E-state index is 0.173. The maximum atomic E-state index is 12.4. The molecular formula is C17H13ClN2O. The second-order valence-corrected chi connectivity index (χ2v) is 5.12. The average Bonchev–Trinajstić information content (AvgIpc) is 2.49. The third-order valence-electron chi connectivity index (χ3n) is 3.28. The zero-order valence-electron chi connectivity index (χ0n) is 11.1. The van der Waals surface area contributed by atoms with E-state index in [1.807, 2.05) is 30.3 Å². The number of carbonyl (C=O) groups excluding carboxylic acids is 1. The lowest BCUT2D eigenvalue weighted by Crippen LogP contribution is -2.12. The Kier molecular flexibility index (Phi) is 3.50. The van der Waals surface area contributed by atoms with E-state index in [4.69, 9.17) is 17.3 Å². The molecule has 0 radical (unpaired) electrons. The molecule has 0 aliphatic heterocycles. The Labute approximate surface area is 127 Å². The predicted molar refractivity (Wildman–Crippen MR) is 87.8 cm³/mol. The van der Waals surface area contributed by atoms with Gasteiger partial charge in [0.25, 0.3) is 5.91 Å². The Morgan fingerprint density at radius 1 is 0.905 bits per heavy atom. The number of benzene rings is 3. The van der Waals surface area contributed by atoms with Gasteiger partial charge in [0.05, 0.1) is 0 Å². The van der Waals surface area contributed by atoms with Gasteiger partial charge in [-0.25, -0.2) is 0 Å². The molecule has 0 fully saturated rings. The van der Waals surface area contributed by atoms with E-state index in [0.717, 1.165) is 10.8 Å². The van der Waals surface area contributed by atoms with Crippen LogP contribution in [0.1, 0.15) is 10.4 Å². The predicted octanol–water partition coefficient (Wildman–Crippen LogP) is 4.33. The molecule has 21 heavy (non-hydrogen) atoms. The lowest BCUT2D eigenvalue weighted by molar-refractivity contribution is 0.102. The molecule has 3 rings (SSSR count). The first-order chi connectivity index (χ1) is 10.1. The van der Waals surface area contributed by atoms with Crippen molar-refractivity contribution >= 4 is 39.7 Å². The summed E-state index contributed by atoms with van der Waals surface area (Å²) < 4.78 is 0. The van der Waals surface area contributed by atoms with Crippen LogP contribution in [0.5, 0.6) is 0 Å². The molecule has 3 nitrogen and oxygen atoms in total. The third kappa shape index (κ3) is 2.69. The van der Waals surface area contributed by atoms with E-state index in [0.29, 0.717) is 22.0 Å². The van der Waals surface area contributed by atoms with Crippen molar-refractivity contribution in [2.24, 2.45) is 0 Å². The average molecular weight is 297 g/mol. The minimum atomic E-state index is -0.173. The van der Waals surface area contributed by atoms with Crippen LogP contribution in [0.4, 0.5) is 11.4 Å². The number of hydrogen-bond acceptors (Lipinski definition) is 2. The van der Waals surface area contributed by atoms with E-state index in [2.05, 4.69) is 5.32 Å². The zero-order valence-corrected chi connectivity index (χ0v) is 11.9. The number of fused-ring (bicyclic) bond motifs is 1. The van der Waals surface area contributed by atoms with Gasteiger partial charge in [-0.15, -0.1) is 0 Å². The minimum Gasteiger partial charge on any atom is -0.399 e. The molecule has 3 aromatic carbocycles. The van der Waals surface area contributed by atoms with Crippen LogP contribution in [0, 0.1) is 0 Å². The molecule has 0 bridgehead atoms. The van der Waals surface area contributed by atoms with Crippen LogP contribution in [0.25, 0.3) is 10.8 Å². The van der Waals surface area contributed by atoms with Gasteiger partial charge in [0, 0.05) is 27.3 Å². The molecule has 3 aromatic rings.